The van der Waals surface area contributed by atoms with Gasteiger partial charge in [0.05, 0.1) is 24.7 Å². The summed E-state index contributed by atoms with van der Waals surface area (Å²) in [5.41, 5.74) is 6.15. The van der Waals surface area contributed by atoms with E-state index in [9.17, 15) is 4.57 Å². The third kappa shape index (κ3) is 6.75. The average molecular weight is 666 g/mol. The van der Waals surface area contributed by atoms with Crippen LogP contribution in [0.2, 0.25) is 5.02 Å². The summed E-state index contributed by atoms with van der Waals surface area (Å²) in [6.07, 6.45) is 4.87. The van der Waals surface area contributed by atoms with Crippen LogP contribution in [0.25, 0.3) is 0 Å². The number of nitrogens with one attached hydrogen (secondary N) is 2. The molecule has 248 valence electrons. The van der Waals surface area contributed by atoms with Crippen molar-refractivity contribution in [2.45, 2.75) is 46.1 Å². The number of hydrogen-bond donors (Lipinski definition) is 2. The Hall–Kier alpha value is -2.84. The topological polar surface area (TPSA) is 85.9 Å². The molecule has 0 aliphatic carbocycles. The third-order valence-electron chi connectivity index (χ3n) is 10.3. The first kappa shape index (κ1) is 33.1. The standard InChI is InChI=1S/C35H49ClN7O2P/c1-8-24-15-30(39-35-37-17-28(36)34(40-35)38-29-10-9-22(2)23(3)33(29)46(6,7)44)32(45-5)16-31(24)42-13-11-27(12-14-42)43-20-25-18-41(4)19-26(25)21-43/h9-10,15-17,25-27H,8,11-14,18-21H2,1-7H3,(H2,37,38,39,40)/t25-,26+. The molecule has 2 N–H and O–H groups in total. The molecule has 3 saturated heterocycles. The lowest BCUT2D eigenvalue weighted by Crippen LogP contribution is -2.45. The Morgan fingerprint density at radius 2 is 1.72 bits per heavy atom. The Bertz CT molecular complexity index is 1620. The van der Waals surface area contributed by atoms with Crippen LogP contribution < -0.4 is 25.6 Å². The Morgan fingerprint density at radius 1 is 1.02 bits per heavy atom. The molecule has 0 amide bonds. The second-order valence-corrected chi connectivity index (χ2v) is 17.4. The maximum atomic E-state index is 13.3. The van der Waals surface area contributed by atoms with Crippen molar-refractivity contribution in [3.05, 3.63) is 52.2 Å². The van der Waals surface area contributed by atoms with Crippen LogP contribution in [0.4, 0.5) is 28.8 Å². The van der Waals surface area contributed by atoms with Crippen LogP contribution in [0.5, 0.6) is 5.75 Å². The molecule has 11 heteroatoms. The van der Waals surface area contributed by atoms with E-state index in [0.717, 1.165) is 64.9 Å². The van der Waals surface area contributed by atoms with Crippen LogP contribution >= 0.6 is 18.7 Å². The lowest BCUT2D eigenvalue weighted by molar-refractivity contribution is 0.184. The minimum atomic E-state index is -2.58. The highest BCUT2D eigenvalue weighted by atomic mass is 35.5. The number of ether oxygens (including phenoxy) is 1. The zero-order chi connectivity index (χ0) is 32.7. The third-order valence-corrected chi connectivity index (χ3v) is 12.2. The number of halogens is 1. The monoisotopic (exact) mass is 665 g/mol. The maximum Gasteiger partial charge on any atom is 0.229 e. The van der Waals surface area contributed by atoms with Crippen molar-refractivity contribution in [3.8, 4) is 5.75 Å². The molecule has 3 aromatic rings. The molecule has 4 heterocycles. The number of fused-ring (bicyclic) bond motifs is 1. The van der Waals surface area contributed by atoms with Crippen LogP contribution in [-0.2, 0) is 11.0 Å². The van der Waals surface area contributed by atoms with Crippen molar-refractivity contribution in [2.24, 2.45) is 11.8 Å². The molecule has 6 rings (SSSR count). The van der Waals surface area contributed by atoms with Crippen molar-refractivity contribution in [2.75, 3.05) is 82.3 Å². The fourth-order valence-electron chi connectivity index (χ4n) is 7.85. The number of rotatable bonds is 9. The molecule has 0 saturated carbocycles. The van der Waals surface area contributed by atoms with Crippen LogP contribution in [0.15, 0.2) is 30.5 Å². The van der Waals surface area contributed by atoms with Crippen molar-refractivity contribution < 1.29 is 9.30 Å². The number of nitrogens with zero attached hydrogens (tertiary/aromatic N) is 5. The summed E-state index contributed by atoms with van der Waals surface area (Å²) in [6.45, 7) is 17.0. The first-order chi connectivity index (χ1) is 21.9. The lowest BCUT2D eigenvalue weighted by Gasteiger charge is -2.39. The number of aryl methyl sites for hydroxylation is 2. The lowest BCUT2D eigenvalue weighted by atomic mass is 10.00. The van der Waals surface area contributed by atoms with E-state index < -0.39 is 7.14 Å². The van der Waals surface area contributed by atoms with E-state index in [4.69, 9.17) is 21.3 Å². The fraction of sp³-hybridized carbons (Fsp3) is 0.543. The zero-order valence-corrected chi connectivity index (χ0v) is 30.0. The Morgan fingerprint density at radius 3 is 2.35 bits per heavy atom. The second-order valence-electron chi connectivity index (χ2n) is 13.8. The molecule has 0 unspecified atom stereocenters. The number of benzene rings is 2. The number of likely N-dealkylation sites (tertiary alicyclic amines) is 2. The van der Waals surface area contributed by atoms with Crippen molar-refractivity contribution >= 4 is 52.9 Å². The minimum absolute atomic E-state index is 0.376. The van der Waals surface area contributed by atoms with Gasteiger partial charge in [0.2, 0.25) is 5.95 Å². The number of methoxy groups -OCH3 is 1. The Kier molecular flexibility index (Phi) is 9.60. The Labute approximate surface area is 279 Å². The van der Waals surface area contributed by atoms with Gasteiger partial charge in [-0.25, -0.2) is 4.98 Å². The highest BCUT2D eigenvalue weighted by Gasteiger charge is 2.41. The average Bonchev–Trinajstić information content (AvgIpc) is 3.57. The summed E-state index contributed by atoms with van der Waals surface area (Å²) >= 11 is 6.56. The predicted molar refractivity (Wildman–Crippen MR) is 192 cm³/mol. The predicted octanol–water partition coefficient (Wildman–Crippen LogP) is 6.52. The van der Waals surface area contributed by atoms with E-state index in [1.165, 1.54) is 50.3 Å². The van der Waals surface area contributed by atoms with Crippen LogP contribution in [-0.4, -0.2) is 92.6 Å². The molecule has 3 aliphatic rings. The molecule has 46 heavy (non-hydrogen) atoms. The van der Waals surface area contributed by atoms with E-state index in [1.807, 2.05) is 26.0 Å². The number of piperidine rings is 1. The molecule has 0 bridgehead atoms. The number of anilines is 5. The maximum absolute atomic E-state index is 13.3. The van der Waals surface area contributed by atoms with E-state index in [-0.39, 0.29) is 0 Å². The van der Waals surface area contributed by atoms with Gasteiger partial charge in [0.1, 0.15) is 17.9 Å². The molecule has 3 aliphatic heterocycles. The highest BCUT2D eigenvalue weighted by Crippen LogP contribution is 2.42. The molecular weight excluding hydrogens is 617 g/mol. The quantitative estimate of drug-likeness (QED) is 0.248. The minimum Gasteiger partial charge on any atom is -0.494 e. The summed E-state index contributed by atoms with van der Waals surface area (Å²) < 4.78 is 19.1. The summed E-state index contributed by atoms with van der Waals surface area (Å²) in [6, 6.07) is 8.97. The summed E-state index contributed by atoms with van der Waals surface area (Å²) in [5, 5.41) is 7.91. The second kappa shape index (κ2) is 13.3. The number of hydrogen-bond acceptors (Lipinski definition) is 9. The Balaban J connectivity index is 1.18. The van der Waals surface area contributed by atoms with Crippen molar-refractivity contribution in [1.82, 2.24) is 19.8 Å². The van der Waals surface area contributed by atoms with Crippen LogP contribution in [0.1, 0.15) is 36.5 Å². The van der Waals surface area contributed by atoms with Gasteiger partial charge in [0, 0.05) is 62.4 Å². The van der Waals surface area contributed by atoms with Gasteiger partial charge in [0.25, 0.3) is 0 Å². The largest absolute Gasteiger partial charge is 0.494 e. The van der Waals surface area contributed by atoms with Gasteiger partial charge in [-0.3, -0.25) is 4.90 Å². The smallest absolute Gasteiger partial charge is 0.229 e. The molecule has 0 radical (unpaired) electrons. The van der Waals surface area contributed by atoms with Gasteiger partial charge < -0.3 is 29.7 Å². The van der Waals surface area contributed by atoms with Gasteiger partial charge >= 0.3 is 0 Å². The summed E-state index contributed by atoms with van der Waals surface area (Å²) in [7, 11) is 1.39. The molecule has 2 aromatic carbocycles. The van der Waals surface area contributed by atoms with Crippen LogP contribution in [0, 0.1) is 25.7 Å². The van der Waals surface area contributed by atoms with E-state index in [2.05, 4.69) is 56.4 Å². The zero-order valence-electron chi connectivity index (χ0n) is 28.4. The number of aromatic nitrogens is 2. The highest BCUT2D eigenvalue weighted by molar-refractivity contribution is 7.70. The summed E-state index contributed by atoms with van der Waals surface area (Å²) in [5.74, 6) is 3.29. The molecule has 9 nitrogen and oxygen atoms in total. The first-order valence-corrected chi connectivity index (χ1v) is 19.5. The first-order valence-electron chi connectivity index (χ1n) is 16.6. The van der Waals surface area contributed by atoms with Gasteiger partial charge in [-0.05, 0) is 94.1 Å². The van der Waals surface area contributed by atoms with Gasteiger partial charge in [0.15, 0.2) is 5.82 Å². The molecule has 0 spiro atoms. The van der Waals surface area contributed by atoms with Gasteiger partial charge in [-0.2, -0.15) is 4.98 Å². The summed E-state index contributed by atoms with van der Waals surface area (Å²) in [4.78, 5) is 17.0. The van der Waals surface area contributed by atoms with E-state index >= 15 is 0 Å². The van der Waals surface area contributed by atoms with Crippen molar-refractivity contribution in [3.63, 3.8) is 0 Å². The molecule has 1 aromatic heterocycles. The van der Waals surface area contributed by atoms with Gasteiger partial charge in [-0.1, -0.05) is 24.6 Å². The van der Waals surface area contributed by atoms with Crippen molar-refractivity contribution in [1.29, 1.82) is 0 Å². The van der Waals surface area contributed by atoms with E-state index in [0.29, 0.717) is 22.8 Å². The fourth-order valence-corrected chi connectivity index (χ4v) is 9.68. The SMILES string of the molecule is CCc1cc(Nc2ncc(Cl)c(Nc3ccc(C)c(C)c3P(C)(C)=O)n2)c(OC)cc1N1CCC(N2C[C@H]3CN(C)C[C@H]3C2)CC1. The molecular formula is C35H49ClN7O2P. The van der Waals surface area contributed by atoms with Crippen LogP contribution in [0.3, 0.4) is 0 Å². The van der Waals surface area contributed by atoms with Gasteiger partial charge in [-0.15, -0.1) is 0 Å². The molecule has 3 fully saturated rings. The normalized spacial score (nSPS) is 21.1. The van der Waals surface area contributed by atoms with E-state index in [1.54, 1.807) is 26.6 Å². The molecule has 2 atom stereocenters.